The number of benzene rings is 2. The molecule has 0 heterocycles. The molecule has 2 rings (SSSR count). The number of rotatable bonds is 8. The first-order chi connectivity index (χ1) is 12.7. The fraction of sp³-hybridized carbons (Fsp3) is 0.316. The molecule has 0 amide bonds. The van der Waals surface area contributed by atoms with Crippen molar-refractivity contribution in [1.29, 1.82) is 0 Å². The first-order valence-electron chi connectivity index (χ1n) is 8.43. The summed E-state index contributed by atoms with van der Waals surface area (Å²) in [6.07, 6.45) is 0. The molecule has 146 valence electrons. The minimum atomic E-state index is -3.76. The van der Waals surface area contributed by atoms with Crippen LogP contribution in [0.25, 0.3) is 0 Å². The zero-order valence-electron chi connectivity index (χ0n) is 15.5. The Labute approximate surface area is 159 Å². The van der Waals surface area contributed by atoms with Crippen LogP contribution in [-0.4, -0.2) is 46.5 Å². The lowest BCUT2D eigenvalue weighted by Crippen LogP contribution is -2.34. The molecule has 1 atom stereocenters. The van der Waals surface area contributed by atoms with E-state index in [-0.39, 0.29) is 35.5 Å². The van der Waals surface area contributed by atoms with Gasteiger partial charge in [-0.25, -0.2) is 22.3 Å². The summed E-state index contributed by atoms with van der Waals surface area (Å²) in [6, 6.07) is 11.2. The molecule has 0 saturated heterocycles. The van der Waals surface area contributed by atoms with Crippen LogP contribution in [0.4, 0.5) is 4.39 Å². The Kier molecular flexibility index (Phi) is 7.06. The number of halogens is 1. The number of likely N-dealkylation sites (N-methyl/N-ethyl adjacent to an activating group) is 1. The van der Waals surface area contributed by atoms with Gasteiger partial charge in [0.05, 0.1) is 17.1 Å². The van der Waals surface area contributed by atoms with E-state index in [0.29, 0.717) is 0 Å². The summed E-state index contributed by atoms with van der Waals surface area (Å²) in [5, 5.41) is 0. The van der Waals surface area contributed by atoms with E-state index >= 15 is 0 Å². The summed E-state index contributed by atoms with van der Waals surface area (Å²) in [4.78, 5) is 13.6. The highest BCUT2D eigenvalue weighted by Crippen LogP contribution is 2.19. The molecule has 0 aliphatic heterocycles. The molecular formula is C19H23FN2O4S. The number of nitrogens with one attached hydrogen (secondary N) is 1. The van der Waals surface area contributed by atoms with E-state index in [1.54, 1.807) is 19.1 Å². The summed E-state index contributed by atoms with van der Waals surface area (Å²) < 4.78 is 45.7. The number of carbonyl (C=O) groups is 1. The van der Waals surface area contributed by atoms with E-state index in [0.717, 1.165) is 5.56 Å². The highest BCUT2D eigenvalue weighted by Gasteiger charge is 2.20. The number of nitrogens with zero attached hydrogens (tertiary/aromatic N) is 1. The van der Waals surface area contributed by atoms with Crippen LogP contribution >= 0.6 is 0 Å². The number of ether oxygens (including phenoxy) is 1. The lowest BCUT2D eigenvalue weighted by Gasteiger charge is -2.25. The number of sulfonamides is 1. The average Bonchev–Trinajstić information content (AvgIpc) is 2.63. The Balaban J connectivity index is 2.12. The second kappa shape index (κ2) is 9.07. The first kappa shape index (κ1) is 21.0. The van der Waals surface area contributed by atoms with Crippen molar-refractivity contribution in [2.24, 2.45) is 0 Å². The largest absolute Gasteiger partial charge is 0.462 e. The van der Waals surface area contributed by atoms with Crippen molar-refractivity contribution >= 4 is 16.0 Å². The normalized spacial score (nSPS) is 12.8. The quantitative estimate of drug-likeness (QED) is 0.697. The topological polar surface area (TPSA) is 75.7 Å². The Morgan fingerprint density at radius 1 is 1.11 bits per heavy atom. The molecule has 0 aromatic heterocycles. The smallest absolute Gasteiger partial charge is 0.338 e. The van der Waals surface area contributed by atoms with Gasteiger partial charge in [0.25, 0.3) is 0 Å². The molecule has 0 aliphatic rings. The molecule has 0 fully saturated rings. The van der Waals surface area contributed by atoms with Crippen molar-refractivity contribution < 1.29 is 22.3 Å². The van der Waals surface area contributed by atoms with E-state index in [9.17, 15) is 17.6 Å². The Morgan fingerprint density at radius 2 is 1.70 bits per heavy atom. The fourth-order valence-electron chi connectivity index (χ4n) is 2.54. The second-order valence-corrected chi connectivity index (χ2v) is 7.89. The third kappa shape index (κ3) is 5.59. The van der Waals surface area contributed by atoms with Gasteiger partial charge in [-0.1, -0.05) is 12.1 Å². The zero-order chi connectivity index (χ0) is 20.0. The van der Waals surface area contributed by atoms with E-state index in [2.05, 4.69) is 4.72 Å². The summed E-state index contributed by atoms with van der Waals surface area (Å²) >= 11 is 0. The maximum Gasteiger partial charge on any atom is 0.338 e. The summed E-state index contributed by atoms with van der Waals surface area (Å²) in [6.45, 7) is 2.05. The molecule has 0 unspecified atom stereocenters. The molecule has 0 aliphatic carbocycles. The van der Waals surface area contributed by atoms with Gasteiger partial charge in [0.2, 0.25) is 10.0 Å². The van der Waals surface area contributed by atoms with Crippen molar-refractivity contribution in [2.75, 3.05) is 27.2 Å². The lowest BCUT2D eigenvalue weighted by atomic mass is 10.1. The van der Waals surface area contributed by atoms with Gasteiger partial charge in [-0.2, -0.15) is 0 Å². The number of hydrogen-bond donors (Lipinski definition) is 1. The minimum absolute atomic E-state index is 0.0483. The van der Waals surface area contributed by atoms with Crippen molar-refractivity contribution in [3.05, 3.63) is 65.5 Å². The van der Waals surface area contributed by atoms with Gasteiger partial charge in [0.15, 0.2) is 0 Å². The van der Waals surface area contributed by atoms with Gasteiger partial charge in [-0.05, 0) is 63.0 Å². The van der Waals surface area contributed by atoms with E-state index in [4.69, 9.17) is 4.74 Å². The summed E-state index contributed by atoms with van der Waals surface area (Å²) in [5.74, 6) is -0.850. The highest BCUT2D eigenvalue weighted by atomic mass is 32.2. The second-order valence-electron chi connectivity index (χ2n) is 6.13. The highest BCUT2D eigenvalue weighted by molar-refractivity contribution is 7.89. The summed E-state index contributed by atoms with van der Waals surface area (Å²) in [7, 11) is -0.131. The van der Waals surface area contributed by atoms with Crippen molar-refractivity contribution in [3.8, 4) is 0 Å². The van der Waals surface area contributed by atoms with Crippen LogP contribution in [0.3, 0.4) is 0 Å². The maximum absolute atomic E-state index is 13.1. The molecule has 8 heteroatoms. The van der Waals surface area contributed by atoms with Gasteiger partial charge in [-0.15, -0.1) is 0 Å². The van der Waals surface area contributed by atoms with Crippen molar-refractivity contribution in [3.63, 3.8) is 0 Å². The molecule has 6 nitrogen and oxygen atoms in total. The van der Waals surface area contributed by atoms with E-state index < -0.39 is 16.0 Å². The van der Waals surface area contributed by atoms with Crippen LogP contribution in [-0.2, 0) is 14.8 Å². The fourth-order valence-corrected chi connectivity index (χ4v) is 3.58. The van der Waals surface area contributed by atoms with Crippen LogP contribution in [0.2, 0.25) is 0 Å². The van der Waals surface area contributed by atoms with E-state index in [1.165, 1.54) is 36.4 Å². The Hall–Kier alpha value is -2.29. The zero-order valence-corrected chi connectivity index (χ0v) is 16.3. The van der Waals surface area contributed by atoms with Crippen LogP contribution in [0.5, 0.6) is 0 Å². The molecule has 27 heavy (non-hydrogen) atoms. The predicted molar refractivity (Wildman–Crippen MR) is 100 cm³/mol. The Bertz CT molecular complexity index is 866. The first-order valence-corrected chi connectivity index (χ1v) is 9.91. The van der Waals surface area contributed by atoms with Gasteiger partial charge in [-0.3, -0.25) is 0 Å². The molecule has 1 N–H and O–H groups in total. The average molecular weight is 394 g/mol. The minimum Gasteiger partial charge on any atom is -0.462 e. The molecular weight excluding hydrogens is 371 g/mol. The third-order valence-corrected chi connectivity index (χ3v) is 5.46. The lowest BCUT2D eigenvalue weighted by molar-refractivity contribution is 0.0526. The number of esters is 1. The SMILES string of the molecule is CCOC(=O)c1ccc(S(=O)(=O)NC[C@@H](c2ccc(F)cc2)N(C)C)cc1. The molecule has 0 radical (unpaired) electrons. The maximum atomic E-state index is 13.1. The van der Waals surface area contributed by atoms with Crippen molar-refractivity contribution in [1.82, 2.24) is 9.62 Å². The van der Waals surface area contributed by atoms with Crippen LogP contribution in [0, 0.1) is 5.82 Å². The van der Waals surface area contributed by atoms with Gasteiger partial charge in [0.1, 0.15) is 5.82 Å². The van der Waals surface area contributed by atoms with Crippen LogP contribution in [0.1, 0.15) is 28.9 Å². The molecule has 2 aromatic carbocycles. The van der Waals surface area contributed by atoms with Gasteiger partial charge >= 0.3 is 5.97 Å². The predicted octanol–water partition coefficient (Wildman–Crippen LogP) is 2.58. The van der Waals surface area contributed by atoms with E-state index in [1.807, 2.05) is 19.0 Å². The standard InChI is InChI=1S/C19H23FN2O4S/c1-4-26-19(23)15-7-11-17(12-8-15)27(24,25)21-13-18(22(2)3)14-5-9-16(20)10-6-14/h5-12,18,21H,4,13H2,1-3H3/t18-/m0/s1. The molecule has 0 saturated carbocycles. The number of hydrogen-bond acceptors (Lipinski definition) is 5. The molecule has 0 bridgehead atoms. The van der Waals surface area contributed by atoms with Gasteiger partial charge < -0.3 is 9.64 Å². The van der Waals surface area contributed by atoms with Gasteiger partial charge in [0, 0.05) is 12.6 Å². The monoisotopic (exact) mass is 394 g/mol. The van der Waals surface area contributed by atoms with Crippen molar-refractivity contribution in [2.45, 2.75) is 17.9 Å². The Morgan fingerprint density at radius 3 is 2.22 bits per heavy atom. The number of carbonyl (C=O) groups excluding carboxylic acids is 1. The molecule has 0 spiro atoms. The van der Waals surface area contributed by atoms with Crippen LogP contribution < -0.4 is 4.72 Å². The van der Waals surface area contributed by atoms with Crippen LogP contribution in [0.15, 0.2) is 53.4 Å². The molecule has 2 aromatic rings. The third-order valence-electron chi connectivity index (χ3n) is 4.02. The summed E-state index contributed by atoms with van der Waals surface area (Å²) in [5.41, 5.74) is 1.08.